The van der Waals surface area contributed by atoms with Crippen molar-refractivity contribution in [2.75, 3.05) is 7.11 Å². The van der Waals surface area contributed by atoms with E-state index in [1.807, 2.05) is 48.5 Å². The number of carbonyl (C=O) groups excluding carboxylic acids is 2. The van der Waals surface area contributed by atoms with Crippen molar-refractivity contribution >= 4 is 29.6 Å². The van der Waals surface area contributed by atoms with Crippen LogP contribution in [0.15, 0.2) is 78.9 Å². The Bertz CT molecular complexity index is 1130. The zero-order chi connectivity index (χ0) is 21.8. The molecule has 0 unspecified atom stereocenters. The minimum atomic E-state index is -0.806. The number of hydrogen-bond donors (Lipinski definition) is 2. The lowest BCUT2D eigenvalue weighted by Gasteiger charge is -2.15. The van der Waals surface area contributed by atoms with Gasteiger partial charge < -0.3 is 10.1 Å². The van der Waals surface area contributed by atoms with E-state index in [-0.39, 0.29) is 11.8 Å². The number of methoxy groups -OCH3 is 1. The summed E-state index contributed by atoms with van der Waals surface area (Å²) >= 11 is 6.32. The van der Waals surface area contributed by atoms with Crippen molar-refractivity contribution in [3.05, 3.63) is 101 Å². The molecule has 0 aliphatic carbocycles. The largest absolute Gasteiger partial charge is 0.497 e. The Morgan fingerprint density at radius 2 is 1.71 bits per heavy atom. The van der Waals surface area contributed by atoms with Gasteiger partial charge in [0.2, 0.25) is 12.3 Å². The Kier molecular flexibility index (Phi) is 6.00. The number of amides is 2. The molecule has 31 heavy (non-hydrogen) atoms. The topological polar surface area (TPSA) is 70.4 Å². The molecular weight excluding hydrogens is 414 g/mol. The summed E-state index contributed by atoms with van der Waals surface area (Å²) in [5.41, 5.74) is 4.91. The minimum Gasteiger partial charge on any atom is -0.497 e. The molecule has 3 aromatic rings. The fourth-order valence-corrected chi connectivity index (χ4v) is 3.71. The highest BCUT2D eigenvalue weighted by Gasteiger charge is 2.47. The Hall–Kier alpha value is -3.64. The molecule has 0 saturated carbocycles. The van der Waals surface area contributed by atoms with Crippen LogP contribution in [0.5, 0.6) is 5.75 Å². The van der Waals surface area contributed by atoms with Gasteiger partial charge in [-0.3, -0.25) is 9.59 Å². The quantitative estimate of drug-likeness (QED) is 0.605. The molecule has 0 aromatic heterocycles. The van der Waals surface area contributed by atoms with E-state index in [0.29, 0.717) is 16.3 Å². The van der Waals surface area contributed by atoms with Crippen LogP contribution < -0.4 is 15.5 Å². The number of hydrazine groups is 1. The predicted octanol–water partition coefficient (Wildman–Crippen LogP) is 3.36. The molecule has 2 amide bonds. The van der Waals surface area contributed by atoms with Gasteiger partial charge >= 0.3 is 5.91 Å². The second kappa shape index (κ2) is 9.02. The lowest BCUT2D eigenvalue weighted by molar-refractivity contribution is -0.596. The maximum Gasteiger partial charge on any atom is 0.304 e. The van der Waals surface area contributed by atoms with E-state index in [1.165, 1.54) is 0 Å². The number of rotatable bonds is 5. The molecule has 2 N–H and O–H groups in total. The molecule has 156 valence electrons. The molecule has 1 aliphatic heterocycles. The van der Waals surface area contributed by atoms with E-state index in [4.69, 9.17) is 16.3 Å². The van der Waals surface area contributed by atoms with Gasteiger partial charge in [-0.15, -0.1) is 10.1 Å². The van der Waals surface area contributed by atoms with Crippen molar-refractivity contribution in [3.63, 3.8) is 0 Å². The third kappa shape index (κ3) is 4.44. The lowest BCUT2D eigenvalue weighted by atomic mass is 9.99. The third-order valence-electron chi connectivity index (χ3n) is 5.10. The first-order valence-electron chi connectivity index (χ1n) is 9.75. The smallest absolute Gasteiger partial charge is 0.304 e. The lowest BCUT2D eigenvalue weighted by Crippen LogP contribution is -2.42. The predicted molar refractivity (Wildman–Crippen MR) is 118 cm³/mol. The SMILES string of the molecule is COc1ccc([C@H]2[C@@H](NC(=O)c3ccccc3)C(=O)N/[N+]2=C\c2ccccc2Cl)cc1. The highest BCUT2D eigenvalue weighted by atomic mass is 35.5. The minimum absolute atomic E-state index is 0.312. The van der Waals surface area contributed by atoms with Gasteiger partial charge in [0.05, 0.1) is 17.7 Å². The monoisotopic (exact) mass is 434 g/mol. The summed E-state index contributed by atoms with van der Waals surface area (Å²) in [6.45, 7) is 0. The van der Waals surface area contributed by atoms with Crippen LogP contribution in [-0.4, -0.2) is 35.9 Å². The van der Waals surface area contributed by atoms with E-state index in [1.54, 1.807) is 48.3 Å². The van der Waals surface area contributed by atoms with E-state index in [2.05, 4.69) is 10.7 Å². The summed E-state index contributed by atoms with van der Waals surface area (Å²) in [6, 6.07) is 22.3. The summed E-state index contributed by atoms with van der Waals surface area (Å²) in [6.07, 6.45) is 1.77. The molecule has 7 heteroatoms. The van der Waals surface area contributed by atoms with Crippen molar-refractivity contribution in [2.24, 2.45) is 0 Å². The second-order valence-electron chi connectivity index (χ2n) is 7.07. The average molecular weight is 435 g/mol. The number of nitrogens with zero attached hydrogens (tertiary/aromatic N) is 1. The molecule has 0 bridgehead atoms. The van der Waals surface area contributed by atoms with Gasteiger partial charge in [-0.2, -0.15) is 0 Å². The summed E-state index contributed by atoms with van der Waals surface area (Å²) in [4.78, 5) is 25.7. The van der Waals surface area contributed by atoms with Crippen molar-refractivity contribution in [1.29, 1.82) is 0 Å². The number of carbonyl (C=O) groups is 2. The van der Waals surface area contributed by atoms with Gasteiger partial charge in [0.25, 0.3) is 5.91 Å². The fourth-order valence-electron chi connectivity index (χ4n) is 3.53. The molecule has 1 fully saturated rings. The third-order valence-corrected chi connectivity index (χ3v) is 5.44. The van der Waals surface area contributed by atoms with Gasteiger partial charge in [-0.25, -0.2) is 0 Å². The first kappa shape index (κ1) is 20.6. The molecular formula is C24H21ClN3O3+. The molecule has 2 atom stereocenters. The van der Waals surface area contributed by atoms with Crippen molar-refractivity contribution in [3.8, 4) is 5.75 Å². The number of benzene rings is 3. The summed E-state index contributed by atoms with van der Waals surface area (Å²) < 4.78 is 6.93. The maximum atomic E-state index is 12.9. The average Bonchev–Trinajstić information content (AvgIpc) is 3.10. The normalized spacial score (nSPS) is 19.2. The summed E-state index contributed by atoms with van der Waals surface area (Å²) in [7, 11) is 1.59. The Morgan fingerprint density at radius 1 is 1.03 bits per heavy atom. The molecule has 1 saturated heterocycles. The van der Waals surface area contributed by atoms with Crippen LogP contribution in [0.1, 0.15) is 27.5 Å². The zero-order valence-corrected chi connectivity index (χ0v) is 17.5. The van der Waals surface area contributed by atoms with Gasteiger partial charge in [0, 0.05) is 11.1 Å². The van der Waals surface area contributed by atoms with E-state index in [0.717, 1.165) is 11.1 Å². The number of ether oxygens (including phenoxy) is 1. The van der Waals surface area contributed by atoms with Crippen molar-refractivity contribution in [2.45, 2.75) is 12.1 Å². The van der Waals surface area contributed by atoms with E-state index < -0.39 is 12.1 Å². The van der Waals surface area contributed by atoms with Gasteiger partial charge in [0.1, 0.15) is 5.75 Å². The summed E-state index contributed by atoms with van der Waals surface area (Å²) in [5.74, 6) is 0.0693. The highest BCUT2D eigenvalue weighted by Crippen LogP contribution is 2.27. The first-order valence-corrected chi connectivity index (χ1v) is 10.1. The molecule has 3 aromatic carbocycles. The molecule has 6 nitrogen and oxygen atoms in total. The van der Waals surface area contributed by atoms with Crippen LogP contribution >= 0.6 is 11.6 Å². The first-order chi connectivity index (χ1) is 15.1. The number of hydrazone groups is 1. The van der Waals surface area contributed by atoms with Gasteiger partial charge in [-0.1, -0.05) is 41.9 Å². The van der Waals surface area contributed by atoms with E-state index >= 15 is 0 Å². The summed E-state index contributed by atoms with van der Waals surface area (Å²) in [5, 5.41) is 3.43. The maximum absolute atomic E-state index is 12.9. The van der Waals surface area contributed by atoms with Crippen LogP contribution in [0, 0.1) is 0 Å². The van der Waals surface area contributed by atoms with Crippen molar-refractivity contribution < 1.29 is 19.0 Å². The molecule has 0 radical (unpaired) electrons. The Morgan fingerprint density at radius 3 is 2.39 bits per heavy atom. The van der Waals surface area contributed by atoms with Crippen LogP contribution in [0.4, 0.5) is 0 Å². The Labute approximate surface area is 185 Å². The van der Waals surface area contributed by atoms with Crippen LogP contribution in [-0.2, 0) is 4.79 Å². The number of hydrogen-bond acceptors (Lipinski definition) is 3. The Balaban J connectivity index is 1.72. The molecule has 4 rings (SSSR count). The van der Waals surface area contributed by atoms with Gasteiger partial charge in [0.15, 0.2) is 6.04 Å². The van der Waals surface area contributed by atoms with E-state index in [9.17, 15) is 9.59 Å². The standard InChI is InChI=1S/C24H20ClN3O3/c1-31-19-13-11-16(12-14-19)22-21(26-23(29)17-7-3-2-4-8-17)24(30)27-28(22)15-18-9-5-6-10-20(18)25/h2-15,21-22H,1H3,(H-,26,27,29,30)/p+1/b28-15-/t21-,22+/m1/s1. The second-order valence-corrected chi connectivity index (χ2v) is 7.48. The number of nitrogens with one attached hydrogen (secondary N) is 2. The van der Waals surface area contributed by atoms with Crippen LogP contribution in [0.3, 0.4) is 0 Å². The molecule has 0 spiro atoms. The van der Waals surface area contributed by atoms with Crippen LogP contribution in [0.2, 0.25) is 5.02 Å². The number of halogens is 1. The molecule has 1 aliphatic rings. The zero-order valence-electron chi connectivity index (χ0n) is 16.8. The van der Waals surface area contributed by atoms with Crippen molar-refractivity contribution in [1.82, 2.24) is 10.7 Å². The molecule has 1 heterocycles. The van der Waals surface area contributed by atoms with Crippen LogP contribution in [0.25, 0.3) is 0 Å². The fraction of sp³-hybridized carbons (Fsp3) is 0.125. The highest BCUT2D eigenvalue weighted by molar-refractivity contribution is 6.32. The van der Waals surface area contributed by atoms with Gasteiger partial charge in [-0.05, 0) is 48.5 Å².